The van der Waals surface area contributed by atoms with Gasteiger partial charge in [-0.25, -0.2) is 9.97 Å². The third kappa shape index (κ3) is 3.11. The highest BCUT2D eigenvalue weighted by atomic mass is 35.5. The minimum atomic E-state index is 0.457. The number of anilines is 2. The van der Waals surface area contributed by atoms with Crippen LogP contribution >= 0.6 is 11.6 Å². The van der Waals surface area contributed by atoms with E-state index in [1.54, 1.807) is 13.1 Å². The van der Waals surface area contributed by atoms with Gasteiger partial charge in [0.25, 0.3) is 0 Å². The van der Waals surface area contributed by atoms with E-state index < -0.39 is 0 Å². The molecule has 0 amide bonds. The minimum Gasteiger partial charge on any atom is -0.437 e. The molecule has 0 aliphatic carbocycles. The standard InChI is InChI=1S/C14H17ClN4O/c1-4-9-5-10(16-2)6-11(15)14(9)20-13-7-12(17-3)18-8-19-13/h5-8,16H,4H2,1-3H3,(H,17,18,19). The molecular weight excluding hydrogens is 276 g/mol. The number of hydrogen-bond acceptors (Lipinski definition) is 5. The number of aryl methyl sites for hydroxylation is 1. The molecule has 0 aliphatic rings. The fraction of sp³-hybridized carbons (Fsp3) is 0.286. The highest BCUT2D eigenvalue weighted by molar-refractivity contribution is 6.32. The van der Waals surface area contributed by atoms with Crippen molar-refractivity contribution in [3.8, 4) is 11.6 Å². The van der Waals surface area contributed by atoms with Crippen LogP contribution < -0.4 is 15.4 Å². The average Bonchev–Trinajstić information content (AvgIpc) is 2.49. The van der Waals surface area contributed by atoms with Crippen molar-refractivity contribution in [2.24, 2.45) is 0 Å². The van der Waals surface area contributed by atoms with Gasteiger partial charge in [-0.15, -0.1) is 0 Å². The molecule has 1 aromatic heterocycles. The van der Waals surface area contributed by atoms with Crippen LogP contribution in [-0.4, -0.2) is 24.1 Å². The Morgan fingerprint density at radius 1 is 1.15 bits per heavy atom. The molecule has 0 aliphatic heterocycles. The van der Waals surface area contributed by atoms with Crippen molar-refractivity contribution in [2.45, 2.75) is 13.3 Å². The maximum absolute atomic E-state index is 6.29. The second kappa shape index (κ2) is 6.43. The summed E-state index contributed by atoms with van der Waals surface area (Å²) in [4.78, 5) is 8.14. The van der Waals surface area contributed by atoms with Crippen LogP contribution in [0.1, 0.15) is 12.5 Å². The van der Waals surface area contributed by atoms with E-state index in [1.807, 2.05) is 19.2 Å². The molecule has 0 radical (unpaired) electrons. The fourth-order valence-electron chi connectivity index (χ4n) is 1.81. The monoisotopic (exact) mass is 292 g/mol. The van der Waals surface area contributed by atoms with Gasteiger partial charge in [0.1, 0.15) is 12.1 Å². The number of rotatable bonds is 5. The predicted octanol–water partition coefficient (Wildman–Crippen LogP) is 3.57. The molecule has 6 heteroatoms. The summed E-state index contributed by atoms with van der Waals surface area (Å²) in [5.74, 6) is 1.78. The summed E-state index contributed by atoms with van der Waals surface area (Å²) in [6.45, 7) is 2.05. The molecule has 0 bridgehead atoms. The van der Waals surface area contributed by atoms with Gasteiger partial charge in [-0.05, 0) is 24.1 Å². The molecule has 0 unspecified atom stereocenters. The number of hydrogen-bond donors (Lipinski definition) is 2. The van der Waals surface area contributed by atoms with E-state index in [0.29, 0.717) is 22.5 Å². The van der Waals surface area contributed by atoms with E-state index in [-0.39, 0.29) is 0 Å². The van der Waals surface area contributed by atoms with E-state index in [2.05, 4.69) is 27.5 Å². The second-order valence-electron chi connectivity index (χ2n) is 4.14. The molecule has 0 saturated carbocycles. The van der Waals surface area contributed by atoms with Crippen molar-refractivity contribution in [1.82, 2.24) is 9.97 Å². The zero-order chi connectivity index (χ0) is 14.5. The van der Waals surface area contributed by atoms with Gasteiger partial charge in [0.15, 0.2) is 5.75 Å². The van der Waals surface area contributed by atoms with Crippen LogP contribution in [0, 0.1) is 0 Å². The van der Waals surface area contributed by atoms with Crippen LogP contribution in [-0.2, 0) is 6.42 Å². The first-order chi connectivity index (χ1) is 9.67. The van der Waals surface area contributed by atoms with Gasteiger partial charge in [-0.2, -0.15) is 0 Å². The van der Waals surface area contributed by atoms with E-state index in [9.17, 15) is 0 Å². The van der Waals surface area contributed by atoms with Crippen molar-refractivity contribution in [2.75, 3.05) is 24.7 Å². The molecule has 106 valence electrons. The summed E-state index contributed by atoms with van der Waals surface area (Å²) in [6.07, 6.45) is 2.26. The molecule has 2 N–H and O–H groups in total. The molecule has 2 rings (SSSR count). The quantitative estimate of drug-likeness (QED) is 0.882. The van der Waals surface area contributed by atoms with Crippen LogP contribution in [0.25, 0.3) is 0 Å². The number of nitrogens with one attached hydrogen (secondary N) is 2. The van der Waals surface area contributed by atoms with Gasteiger partial charge < -0.3 is 15.4 Å². The smallest absolute Gasteiger partial charge is 0.224 e. The lowest BCUT2D eigenvalue weighted by Gasteiger charge is -2.13. The summed E-state index contributed by atoms with van der Waals surface area (Å²) in [6, 6.07) is 5.57. The summed E-state index contributed by atoms with van der Waals surface area (Å²) < 4.78 is 5.82. The van der Waals surface area contributed by atoms with Gasteiger partial charge in [-0.1, -0.05) is 18.5 Å². The van der Waals surface area contributed by atoms with Crippen LogP contribution in [0.4, 0.5) is 11.5 Å². The van der Waals surface area contributed by atoms with E-state index in [1.165, 1.54) is 6.33 Å². The van der Waals surface area contributed by atoms with Gasteiger partial charge in [0.05, 0.1) is 5.02 Å². The molecule has 0 spiro atoms. The maximum atomic E-state index is 6.29. The molecule has 0 fully saturated rings. The summed E-state index contributed by atoms with van der Waals surface area (Å²) in [5, 5.41) is 6.57. The average molecular weight is 293 g/mol. The van der Waals surface area contributed by atoms with Crippen LogP contribution in [0.15, 0.2) is 24.5 Å². The number of aromatic nitrogens is 2. The Balaban J connectivity index is 2.37. The van der Waals surface area contributed by atoms with Gasteiger partial charge in [0.2, 0.25) is 5.88 Å². The third-order valence-electron chi connectivity index (χ3n) is 2.89. The lowest BCUT2D eigenvalue weighted by Crippen LogP contribution is -1.98. The van der Waals surface area contributed by atoms with Crippen molar-refractivity contribution >= 4 is 23.1 Å². The Bertz CT molecular complexity index is 604. The number of benzene rings is 1. The minimum absolute atomic E-state index is 0.457. The van der Waals surface area contributed by atoms with E-state index in [4.69, 9.17) is 16.3 Å². The Morgan fingerprint density at radius 3 is 2.60 bits per heavy atom. The Hall–Kier alpha value is -2.01. The Morgan fingerprint density at radius 2 is 1.95 bits per heavy atom. The maximum Gasteiger partial charge on any atom is 0.224 e. The highest BCUT2D eigenvalue weighted by Crippen LogP contribution is 2.35. The lowest BCUT2D eigenvalue weighted by atomic mass is 10.1. The molecular formula is C14H17ClN4O. The van der Waals surface area contributed by atoms with Gasteiger partial charge in [-0.3, -0.25) is 0 Å². The Labute approximate surface area is 123 Å². The van der Waals surface area contributed by atoms with Crippen molar-refractivity contribution in [1.29, 1.82) is 0 Å². The van der Waals surface area contributed by atoms with Crippen molar-refractivity contribution in [3.05, 3.63) is 35.1 Å². The molecule has 2 aromatic rings. The van der Waals surface area contributed by atoms with Gasteiger partial charge >= 0.3 is 0 Å². The zero-order valence-electron chi connectivity index (χ0n) is 11.7. The number of ether oxygens (including phenoxy) is 1. The predicted molar refractivity (Wildman–Crippen MR) is 82.0 cm³/mol. The fourth-order valence-corrected chi connectivity index (χ4v) is 2.09. The van der Waals surface area contributed by atoms with E-state index >= 15 is 0 Å². The lowest BCUT2D eigenvalue weighted by molar-refractivity contribution is 0.457. The molecule has 20 heavy (non-hydrogen) atoms. The second-order valence-corrected chi connectivity index (χ2v) is 4.55. The molecule has 0 atom stereocenters. The summed E-state index contributed by atoms with van der Waals surface area (Å²) >= 11 is 6.29. The van der Waals surface area contributed by atoms with Crippen LogP contribution in [0.2, 0.25) is 5.02 Å². The largest absolute Gasteiger partial charge is 0.437 e. The summed E-state index contributed by atoms with van der Waals surface area (Å²) in [7, 11) is 3.65. The molecule has 1 aromatic carbocycles. The molecule has 0 saturated heterocycles. The molecule has 5 nitrogen and oxygen atoms in total. The normalized spacial score (nSPS) is 10.2. The van der Waals surface area contributed by atoms with Crippen molar-refractivity contribution < 1.29 is 4.74 Å². The highest BCUT2D eigenvalue weighted by Gasteiger charge is 2.12. The third-order valence-corrected chi connectivity index (χ3v) is 3.18. The van der Waals surface area contributed by atoms with Crippen LogP contribution in [0.3, 0.4) is 0 Å². The first-order valence-electron chi connectivity index (χ1n) is 6.35. The van der Waals surface area contributed by atoms with Gasteiger partial charge in [0, 0.05) is 25.8 Å². The van der Waals surface area contributed by atoms with Crippen molar-refractivity contribution in [3.63, 3.8) is 0 Å². The number of halogens is 1. The molecule has 1 heterocycles. The topological polar surface area (TPSA) is 59.1 Å². The first-order valence-corrected chi connectivity index (χ1v) is 6.73. The summed E-state index contributed by atoms with van der Waals surface area (Å²) in [5.41, 5.74) is 1.98. The SMILES string of the molecule is CCc1cc(NC)cc(Cl)c1Oc1cc(NC)ncn1. The van der Waals surface area contributed by atoms with E-state index in [0.717, 1.165) is 17.7 Å². The van der Waals surface area contributed by atoms with Crippen LogP contribution in [0.5, 0.6) is 11.6 Å². The zero-order valence-corrected chi connectivity index (χ0v) is 12.5. The Kier molecular flexibility index (Phi) is 4.63. The number of nitrogens with zero attached hydrogens (tertiary/aromatic N) is 2. The first kappa shape index (κ1) is 14.4.